The van der Waals surface area contributed by atoms with E-state index in [-0.39, 0.29) is 43.0 Å². The lowest BCUT2D eigenvalue weighted by atomic mass is 10.1. The molecule has 0 atom stereocenters. The molecule has 10 heteroatoms. The van der Waals surface area contributed by atoms with Crippen LogP contribution in [0.3, 0.4) is 0 Å². The number of likely N-dealkylation sites (N-methyl/N-ethyl adjacent to an activating group) is 1. The van der Waals surface area contributed by atoms with Gasteiger partial charge in [-0.25, -0.2) is 4.79 Å². The van der Waals surface area contributed by atoms with Crippen LogP contribution in [0.5, 0.6) is 5.75 Å². The number of aryl methyl sites for hydroxylation is 2. The molecule has 1 aromatic heterocycles. The number of nitrogens with two attached hydrogens (primary N) is 1. The van der Waals surface area contributed by atoms with Gasteiger partial charge in [-0.2, -0.15) is 0 Å². The number of nitrogen functional groups attached to an aromatic ring is 1. The topological polar surface area (TPSA) is 123 Å². The molecule has 0 saturated carbocycles. The highest BCUT2D eigenvalue weighted by molar-refractivity contribution is 5.96. The summed E-state index contributed by atoms with van der Waals surface area (Å²) in [5, 5.41) is 0. The lowest BCUT2D eigenvalue weighted by Crippen LogP contribution is -2.46. The van der Waals surface area contributed by atoms with Crippen LogP contribution < -0.4 is 26.6 Å². The van der Waals surface area contributed by atoms with Crippen LogP contribution in [0.4, 0.5) is 11.5 Å². The SMILES string of the molecule is COCCN(C(=O)CN(C)Cc1cc(C)c(OC)c(C)c1)c1c(N)n(CC(C)C)c(=O)[nH]c1=O. The third-order valence-corrected chi connectivity index (χ3v) is 5.43. The molecule has 2 aromatic rings. The molecular formula is C24H37N5O5. The maximum atomic E-state index is 13.3. The molecule has 0 aliphatic heterocycles. The van der Waals surface area contributed by atoms with Gasteiger partial charge in [0.25, 0.3) is 5.56 Å². The van der Waals surface area contributed by atoms with Crippen LogP contribution in [0.1, 0.15) is 30.5 Å². The fourth-order valence-corrected chi connectivity index (χ4v) is 4.07. The van der Waals surface area contributed by atoms with E-state index in [1.54, 1.807) is 7.11 Å². The van der Waals surface area contributed by atoms with Gasteiger partial charge >= 0.3 is 5.69 Å². The molecule has 1 aromatic carbocycles. The van der Waals surface area contributed by atoms with Crippen LogP contribution in [0.25, 0.3) is 0 Å². The van der Waals surface area contributed by atoms with E-state index in [1.807, 2.05) is 51.8 Å². The molecule has 34 heavy (non-hydrogen) atoms. The second-order valence-corrected chi connectivity index (χ2v) is 8.97. The number of nitrogens with one attached hydrogen (secondary N) is 1. The Morgan fingerprint density at radius 3 is 2.32 bits per heavy atom. The first kappa shape index (κ1) is 27.1. The molecule has 0 aliphatic carbocycles. The van der Waals surface area contributed by atoms with Gasteiger partial charge in [0, 0.05) is 26.7 Å². The zero-order chi connectivity index (χ0) is 25.6. The van der Waals surface area contributed by atoms with E-state index < -0.39 is 11.2 Å². The number of aromatic nitrogens is 2. The number of methoxy groups -OCH3 is 2. The lowest BCUT2D eigenvalue weighted by molar-refractivity contribution is -0.119. The van der Waals surface area contributed by atoms with Crippen LogP contribution in [0, 0.1) is 19.8 Å². The highest BCUT2D eigenvalue weighted by Gasteiger charge is 2.25. The van der Waals surface area contributed by atoms with E-state index in [0.29, 0.717) is 13.1 Å². The van der Waals surface area contributed by atoms with Gasteiger partial charge in [-0.15, -0.1) is 0 Å². The number of hydrogen-bond acceptors (Lipinski definition) is 7. The quantitative estimate of drug-likeness (QED) is 0.505. The molecule has 0 bridgehead atoms. The Labute approximate surface area is 200 Å². The second-order valence-electron chi connectivity index (χ2n) is 8.97. The summed E-state index contributed by atoms with van der Waals surface area (Å²) in [6.07, 6.45) is 0. The minimum atomic E-state index is -0.698. The van der Waals surface area contributed by atoms with Crippen molar-refractivity contribution < 1.29 is 14.3 Å². The highest BCUT2D eigenvalue weighted by Crippen LogP contribution is 2.25. The second kappa shape index (κ2) is 11.8. The molecule has 0 aliphatic rings. The molecule has 1 heterocycles. The first-order valence-corrected chi connectivity index (χ1v) is 11.2. The van der Waals surface area contributed by atoms with Crippen LogP contribution in [0.15, 0.2) is 21.7 Å². The number of aromatic amines is 1. The standard InChI is InChI=1S/C24H37N5O5/c1-15(2)12-29-22(25)20(23(31)26-24(29)32)28(8-9-33-6)19(30)14-27(5)13-18-10-16(3)21(34-7)17(4)11-18/h10-11,15H,8-9,12-14,25H2,1-7H3,(H,26,31,32). The van der Waals surface area contributed by atoms with E-state index in [9.17, 15) is 14.4 Å². The van der Waals surface area contributed by atoms with Crippen molar-refractivity contribution in [2.75, 3.05) is 51.6 Å². The van der Waals surface area contributed by atoms with E-state index >= 15 is 0 Å². The van der Waals surface area contributed by atoms with Crippen molar-refractivity contribution in [3.8, 4) is 5.75 Å². The van der Waals surface area contributed by atoms with Gasteiger partial charge in [-0.1, -0.05) is 26.0 Å². The molecule has 188 valence electrons. The van der Waals surface area contributed by atoms with Gasteiger partial charge in [0.2, 0.25) is 5.91 Å². The van der Waals surface area contributed by atoms with Crippen molar-refractivity contribution in [2.24, 2.45) is 5.92 Å². The van der Waals surface area contributed by atoms with Crippen LogP contribution >= 0.6 is 0 Å². The van der Waals surface area contributed by atoms with Crippen molar-refractivity contribution in [3.63, 3.8) is 0 Å². The van der Waals surface area contributed by atoms with Gasteiger partial charge in [0.15, 0.2) is 5.69 Å². The number of carbonyl (C=O) groups is 1. The Balaban J connectivity index is 2.33. The normalized spacial score (nSPS) is 11.3. The fourth-order valence-electron chi connectivity index (χ4n) is 4.07. The van der Waals surface area contributed by atoms with Gasteiger partial charge in [0.05, 0.1) is 20.3 Å². The van der Waals surface area contributed by atoms with Gasteiger partial charge in [0.1, 0.15) is 11.6 Å². The number of rotatable bonds is 11. The Hall–Kier alpha value is -3.11. The Kier molecular flexibility index (Phi) is 9.46. The molecule has 0 saturated heterocycles. The molecule has 3 N–H and O–H groups in total. The number of ether oxygens (including phenoxy) is 2. The average Bonchev–Trinajstić information content (AvgIpc) is 2.72. The zero-order valence-electron chi connectivity index (χ0n) is 21.2. The summed E-state index contributed by atoms with van der Waals surface area (Å²) in [7, 11) is 4.98. The Morgan fingerprint density at radius 2 is 1.79 bits per heavy atom. The first-order valence-electron chi connectivity index (χ1n) is 11.2. The van der Waals surface area contributed by atoms with Crippen LogP contribution in [-0.4, -0.2) is 61.3 Å². The lowest BCUT2D eigenvalue weighted by Gasteiger charge is -2.27. The van der Waals surface area contributed by atoms with Crippen LogP contribution in [0.2, 0.25) is 0 Å². The number of benzene rings is 1. The maximum absolute atomic E-state index is 13.3. The highest BCUT2D eigenvalue weighted by atomic mass is 16.5. The smallest absolute Gasteiger partial charge is 0.330 e. The predicted octanol–water partition coefficient (Wildman–Crippen LogP) is 1.51. The van der Waals surface area contributed by atoms with Gasteiger partial charge in [-0.05, 0) is 43.5 Å². The van der Waals surface area contributed by atoms with Gasteiger partial charge in [-0.3, -0.25) is 24.0 Å². The largest absolute Gasteiger partial charge is 0.496 e. The summed E-state index contributed by atoms with van der Waals surface area (Å²) in [4.78, 5) is 43.8. The monoisotopic (exact) mass is 475 g/mol. The minimum absolute atomic E-state index is 0.0315. The summed E-state index contributed by atoms with van der Waals surface area (Å²) < 4.78 is 11.9. The molecule has 0 fully saturated rings. The van der Waals surface area contributed by atoms with Crippen LogP contribution in [-0.2, 0) is 22.6 Å². The van der Waals surface area contributed by atoms with Crippen molar-refractivity contribution >= 4 is 17.4 Å². The predicted molar refractivity (Wildman–Crippen MR) is 134 cm³/mol. The molecular weight excluding hydrogens is 438 g/mol. The third kappa shape index (κ3) is 6.48. The van der Waals surface area contributed by atoms with E-state index in [2.05, 4.69) is 4.98 Å². The van der Waals surface area contributed by atoms with Crippen molar-refractivity contribution in [1.82, 2.24) is 14.5 Å². The zero-order valence-corrected chi connectivity index (χ0v) is 21.2. The molecule has 2 rings (SSSR count). The summed E-state index contributed by atoms with van der Waals surface area (Å²) in [5.74, 6) is 0.605. The number of anilines is 2. The Morgan fingerprint density at radius 1 is 1.18 bits per heavy atom. The summed E-state index contributed by atoms with van der Waals surface area (Å²) in [6, 6.07) is 4.06. The minimum Gasteiger partial charge on any atom is -0.496 e. The van der Waals surface area contributed by atoms with Crippen molar-refractivity contribution in [2.45, 2.75) is 40.8 Å². The number of hydrogen-bond donors (Lipinski definition) is 2. The average molecular weight is 476 g/mol. The van der Waals surface area contributed by atoms with Crippen molar-refractivity contribution in [1.29, 1.82) is 0 Å². The number of carbonyl (C=O) groups excluding carboxylic acids is 1. The maximum Gasteiger partial charge on any atom is 0.330 e. The summed E-state index contributed by atoms with van der Waals surface area (Å²) in [6.45, 7) is 9.03. The molecule has 1 amide bonds. The first-order chi connectivity index (χ1) is 16.0. The number of nitrogens with zero attached hydrogens (tertiary/aromatic N) is 3. The summed E-state index contributed by atoms with van der Waals surface area (Å²) in [5.41, 5.74) is 7.99. The molecule has 0 radical (unpaired) electrons. The summed E-state index contributed by atoms with van der Waals surface area (Å²) >= 11 is 0. The van der Waals surface area contributed by atoms with Gasteiger partial charge < -0.3 is 20.1 Å². The van der Waals surface area contributed by atoms with E-state index in [4.69, 9.17) is 15.2 Å². The third-order valence-electron chi connectivity index (χ3n) is 5.43. The number of H-pyrrole nitrogens is 1. The molecule has 0 unspecified atom stereocenters. The van der Waals surface area contributed by atoms with E-state index in [0.717, 1.165) is 22.4 Å². The Bertz CT molecular complexity index is 1100. The fraction of sp³-hybridized carbons (Fsp3) is 0.542. The van der Waals surface area contributed by atoms with E-state index in [1.165, 1.54) is 16.6 Å². The molecule has 10 nitrogen and oxygen atoms in total. The molecule has 0 spiro atoms. The number of amides is 1. The van der Waals surface area contributed by atoms with Crippen molar-refractivity contribution in [3.05, 3.63) is 49.7 Å².